The van der Waals surface area contributed by atoms with Crippen LogP contribution in [0.5, 0.6) is 0 Å². The molecule has 0 fully saturated rings. The fourth-order valence-electron chi connectivity index (χ4n) is 3.45. The highest BCUT2D eigenvalue weighted by Crippen LogP contribution is 2.24. The smallest absolute Gasteiger partial charge is 0.354 e. The molecule has 1 amide bonds. The van der Waals surface area contributed by atoms with E-state index in [0.717, 1.165) is 5.69 Å². The minimum absolute atomic E-state index is 0.0147. The van der Waals surface area contributed by atoms with Crippen LogP contribution in [-0.2, 0) is 20.8 Å². The summed E-state index contributed by atoms with van der Waals surface area (Å²) in [6, 6.07) is 0. The van der Waals surface area contributed by atoms with Crippen molar-refractivity contribution in [2.24, 2.45) is 5.92 Å². The number of ketones is 1. The number of carbonyl (C=O) groups is 3. The maximum Gasteiger partial charge on any atom is 0.354 e. The summed E-state index contributed by atoms with van der Waals surface area (Å²) in [6.45, 7) is 13.2. The number of rotatable bonds is 11. The monoisotopic (exact) mass is 394 g/mol. The Bertz CT molecular complexity index is 706. The number of esters is 1. The zero-order chi connectivity index (χ0) is 21.4. The Morgan fingerprint density at radius 1 is 1.14 bits per heavy atom. The maximum atomic E-state index is 13.1. The molecule has 1 aromatic rings. The summed E-state index contributed by atoms with van der Waals surface area (Å²) in [6.07, 6.45) is 0.668. The van der Waals surface area contributed by atoms with Gasteiger partial charge < -0.3 is 18.9 Å². The fraction of sp³-hybridized carbons (Fsp3) is 0.667. The largest absolute Gasteiger partial charge is 0.464 e. The molecule has 1 rings (SSSR count). The van der Waals surface area contributed by atoms with E-state index < -0.39 is 5.97 Å². The van der Waals surface area contributed by atoms with Gasteiger partial charge in [0.15, 0.2) is 5.78 Å². The van der Waals surface area contributed by atoms with Crippen LogP contribution in [0.3, 0.4) is 0 Å². The molecule has 0 aliphatic heterocycles. The lowest BCUT2D eigenvalue weighted by Gasteiger charge is -2.24. The lowest BCUT2D eigenvalue weighted by Crippen LogP contribution is -2.39. The molecule has 0 radical (unpaired) electrons. The molecule has 0 N–H and O–H groups in total. The molecule has 0 atom stereocenters. The lowest BCUT2D eigenvalue weighted by molar-refractivity contribution is -0.134. The van der Waals surface area contributed by atoms with E-state index in [-0.39, 0.29) is 24.2 Å². The molecule has 28 heavy (non-hydrogen) atoms. The summed E-state index contributed by atoms with van der Waals surface area (Å²) in [4.78, 5) is 39.5. The van der Waals surface area contributed by atoms with Gasteiger partial charge in [-0.05, 0) is 39.7 Å². The van der Waals surface area contributed by atoms with Crippen LogP contribution in [0.25, 0.3) is 0 Å². The molecule has 1 aromatic heterocycles. The molecule has 0 aliphatic carbocycles. The Morgan fingerprint density at radius 3 is 2.29 bits per heavy atom. The van der Waals surface area contributed by atoms with Gasteiger partial charge >= 0.3 is 5.97 Å². The summed E-state index contributed by atoms with van der Waals surface area (Å²) < 4.78 is 12.0. The van der Waals surface area contributed by atoms with Crippen LogP contribution in [-0.4, -0.2) is 60.5 Å². The third-order valence-corrected chi connectivity index (χ3v) is 4.80. The zero-order valence-corrected chi connectivity index (χ0v) is 18.3. The molecule has 7 nitrogen and oxygen atoms in total. The van der Waals surface area contributed by atoms with Crippen molar-refractivity contribution in [3.05, 3.63) is 22.5 Å². The Kier molecular flexibility index (Phi) is 9.38. The van der Waals surface area contributed by atoms with Crippen molar-refractivity contribution in [3.8, 4) is 0 Å². The predicted octanol–water partition coefficient (Wildman–Crippen LogP) is 3.01. The highest BCUT2D eigenvalue weighted by molar-refractivity contribution is 6.04. The summed E-state index contributed by atoms with van der Waals surface area (Å²) in [5.74, 6) is -0.901. The molecule has 0 saturated heterocycles. The van der Waals surface area contributed by atoms with Crippen molar-refractivity contribution in [2.75, 3.05) is 33.4 Å². The van der Waals surface area contributed by atoms with Crippen LogP contribution in [0.1, 0.15) is 66.2 Å². The zero-order valence-electron chi connectivity index (χ0n) is 18.3. The van der Waals surface area contributed by atoms with E-state index in [1.165, 1.54) is 7.11 Å². The summed E-state index contributed by atoms with van der Waals surface area (Å²) >= 11 is 0. The molecule has 0 bridgehead atoms. The van der Waals surface area contributed by atoms with Gasteiger partial charge in [0.2, 0.25) is 5.91 Å². The number of aromatic nitrogens is 1. The first-order chi connectivity index (χ1) is 13.2. The van der Waals surface area contributed by atoms with Crippen LogP contribution in [0.2, 0.25) is 0 Å². The molecular weight excluding hydrogens is 360 g/mol. The van der Waals surface area contributed by atoms with Gasteiger partial charge in [-0.3, -0.25) is 9.59 Å². The highest BCUT2D eigenvalue weighted by atomic mass is 16.5. The lowest BCUT2D eigenvalue weighted by atomic mass is 10.0. The van der Waals surface area contributed by atoms with Gasteiger partial charge in [0.25, 0.3) is 0 Å². The molecule has 0 aromatic carbocycles. The van der Waals surface area contributed by atoms with Crippen molar-refractivity contribution in [1.29, 1.82) is 0 Å². The molecule has 0 aliphatic rings. The second-order valence-electron chi connectivity index (χ2n) is 7.06. The van der Waals surface area contributed by atoms with E-state index in [1.54, 1.807) is 16.4 Å². The Hall–Kier alpha value is -2.15. The Balaban J connectivity index is 3.15. The van der Waals surface area contributed by atoms with Gasteiger partial charge in [-0.15, -0.1) is 0 Å². The summed E-state index contributed by atoms with van der Waals surface area (Å²) in [5.41, 5.74) is 2.21. The average Bonchev–Trinajstić information content (AvgIpc) is 2.92. The topological polar surface area (TPSA) is 77.8 Å². The minimum Gasteiger partial charge on any atom is -0.464 e. The first-order valence-corrected chi connectivity index (χ1v) is 9.88. The predicted molar refractivity (Wildman–Crippen MR) is 108 cm³/mol. The summed E-state index contributed by atoms with van der Waals surface area (Å²) in [7, 11) is 1.33. The third-order valence-electron chi connectivity index (χ3n) is 4.80. The van der Waals surface area contributed by atoms with Gasteiger partial charge in [-0.25, -0.2) is 4.79 Å². The molecule has 0 saturated carbocycles. The quantitative estimate of drug-likeness (QED) is 0.328. The number of amides is 1. The van der Waals surface area contributed by atoms with Gasteiger partial charge in [0, 0.05) is 43.5 Å². The number of hydrogen-bond acceptors (Lipinski definition) is 5. The first kappa shape index (κ1) is 23.9. The summed E-state index contributed by atoms with van der Waals surface area (Å²) in [5, 5.41) is 0. The van der Waals surface area contributed by atoms with Gasteiger partial charge in [0.1, 0.15) is 5.69 Å². The number of Topliss-reactive ketones (excluding diaryl/α,β-unsaturated/α-hetero) is 1. The van der Waals surface area contributed by atoms with Gasteiger partial charge in [0.05, 0.1) is 13.7 Å². The van der Waals surface area contributed by atoms with E-state index in [0.29, 0.717) is 49.5 Å². The van der Waals surface area contributed by atoms with Crippen molar-refractivity contribution in [1.82, 2.24) is 9.47 Å². The third kappa shape index (κ3) is 5.44. The number of hydrogen-bond donors (Lipinski definition) is 0. The van der Waals surface area contributed by atoms with Gasteiger partial charge in [-0.1, -0.05) is 13.8 Å². The maximum absolute atomic E-state index is 13.1. The molecule has 1 heterocycles. The van der Waals surface area contributed by atoms with E-state index in [1.807, 2.05) is 34.6 Å². The molecular formula is C21H34N2O5. The van der Waals surface area contributed by atoms with E-state index in [4.69, 9.17) is 9.47 Å². The number of nitrogens with zero attached hydrogens (tertiary/aromatic N) is 2. The number of methoxy groups -OCH3 is 1. The number of ether oxygens (including phenoxy) is 2. The first-order valence-electron chi connectivity index (χ1n) is 9.88. The van der Waals surface area contributed by atoms with Crippen molar-refractivity contribution >= 4 is 17.7 Å². The van der Waals surface area contributed by atoms with E-state index in [2.05, 4.69) is 0 Å². The van der Waals surface area contributed by atoms with Crippen molar-refractivity contribution in [2.45, 2.75) is 54.5 Å². The van der Waals surface area contributed by atoms with Gasteiger partial charge in [-0.2, -0.15) is 0 Å². The van der Waals surface area contributed by atoms with Crippen LogP contribution in [0.15, 0.2) is 0 Å². The molecule has 7 heteroatoms. The van der Waals surface area contributed by atoms with E-state index in [9.17, 15) is 14.4 Å². The van der Waals surface area contributed by atoms with Crippen LogP contribution >= 0.6 is 0 Å². The van der Waals surface area contributed by atoms with Crippen LogP contribution in [0.4, 0.5) is 0 Å². The van der Waals surface area contributed by atoms with Crippen molar-refractivity contribution < 1.29 is 23.9 Å². The SMILES string of the molecule is CCOCCCN(CC(=O)c1c(C)c(C(=O)OC)n(CC)c1C)C(=O)C(C)C. The van der Waals surface area contributed by atoms with E-state index >= 15 is 0 Å². The van der Waals surface area contributed by atoms with Crippen LogP contribution in [0, 0.1) is 19.8 Å². The Labute approximate surface area is 168 Å². The molecule has 158 valence electrons. The molecule has 0 spiro atoms. The average molecular weight is 395 g/mol. The second-order valence-corrected chi connectivity index (χ2v) is 7.06. The fourth-order valence-corrected chi connectivity index (χ4v) is 3.45. The minimum atomic E-state index is -0.465. The molecule has 0 unspecified atom stereocenters. The van der Waals surface area contributed by atoms with Crippen LogP contribution < -0.4 is 0 Å². The highest BCUT2D eigenvalue weighted by Gasteiger charge is 2.28. The second kappa shape index (κ2) is 11.0. The normalized spacial score (nSPS) is 11.0. The number of carbonyl (C=O) groups excluding carboxylic acids is 3. The Morgan fingerprint density at radius 2 is 1.79 bits per heavy atom. The van der Waals surface area contributed by atoms with Crippen molar-refractivity contribution in [3.63, 3.8) is 0 Å². The standard InChI is InChI=1S/C21H34N2O5/c1-8-23-16(6)18(15(5)19(23)21(26)27-7)17(24)13-22(20(25)14(3)4)11-10-12-28-9-2/h14H,8-13H2,1-7H3.